The first-order valence-electron chi connectivity index (χ1n) is 4.42. The number of nitrogens with zero attached hydrogens (tertiary/aromatic N) is 1. The van der Waals surface area contributed by atoms with Crippen molar-refractivity contribution in [2.24, 2.45) is 0 Å². The standard InChI is InChI=1S/C9H12N2O4/c10-8(5-12)9(13)6-1-3-7(4-2-6)11(14)15/h1-4,8-9,12-13H,5,10H2/p+1/t8-,9-/m1/s1. The summed E-state index contributed by atoms with van der Waals surface area (Å²) in [7, 11) is 0. The molecule has 0 radical (unpaired) electrons. The zero-order chi connectivity index (χ0) is 11.4. The molecule has 2 atom stereocenters. The van der Waals surface area contributed by atoms with E-state index in [-0.39, 0.29) is 12.3 Å². The number of aliphatic hydroxyl groups is 2. The molecule has 5 N–H and O–H groups in total. The molecule has 0 amide bonds. The lowest BCUT2D eigenvalue weighted by Crippen LogP contribution is -2.65. The van der Waals surface area contributed by atoms with Crippen molar-refractivity contribution in [3.63, 3.8) is 0 Å². The van der Waals surface area contributed by atoms with E-state index in [0.717, 1.165) is 0 Å². The van der Waals surface area contributed by atoms with Crippen molar-refractivity contribution in [1.82, 2.24) is 0 Å². The first kappa shape index (κ1) is 11.6. The molecule has 82 valence electrons. The number of benzene rings is 1. The number of hydrogen-bond donors (Lipinski definition) is 3. The quantitative estimate of drug-likeness (QED) is 0.450. The maximum atomic E-state index is 10.4. The van der Waals surface area contributed by atoms with Crippen molar-refractivity contribution in [2.45, 2.75) is 12.1 Å². The minimum absolute atomic E-state index is 0.0319. The zero-order valence-corrected chi connectivity index (χ0v) is 8.04. The summed E-state index contributed by atoms with van der Waals surface area (Å²) in [5.74, 6) is 0. The average Bonchev–Trinajstić information content (AvgIpc) is 2.27. The fourth-order valence-corrected chi connectivity index (χ4v) is 1.17. The maximum Gasteiger partial charge on any atom is 0.269 e. The first-order chi connectivity index (χ1) is 7.06. The Kier molecular flexibility index (Phi) is 3.73. The van der Waals surface area contributed by atoms with E-state index in [9.17, 15) is 15.2 Å². The number of non-ortho nitro benzene ring substituents is 1. The molecule has 1 aromatic rings. The second-order valence-electron chi connectivity index (χ2n) is 3.24. The van der Waals surface area contributed by atoms with Crippen LogP contribution >= 0.6 is 0 Å². The predicted molar refractivity (Wildman–Crippen MR) is 51.8 cm³/mol. The van der Waals surface area contributed by atoms with E-state index in [4.69, 9.17) is 5.11 Å². The van der Waals surface area contributed by atoms with Gasteiger partial charge in [-0.2, -0.15) is 0 Å². The van der Waals surface area contributed by atoms with Crippen LogP contribution in [0, 0.1) is 10.1 Å². The van der Waals surface area contributed by atoms with Crippen LogP contribution in [-0.2, 0) is 0 Å². The Morgan fingerprint density at radius 3 is 2.33 bits per heavy atom. The lowest BCUT2D eigenvalue weighted by molar-refractivity contribution is -0.444. The molecule has 0 bridgehead atoms. The van der Waals surface area contributed by atoms with Crippen LogP contribution in [0.1, 0.15) is 11.7 Å². The van der Waals surface area contributed by atoms with Crippen molar-refractivity contribution in [2.75, 3.05) is 6.61 Å². The van der Waals surface area contributed by atoms with Crippen LogP contribution in [0.3, 0.4) is 0 Å². The van der Waals surface area contributed by atoms with Gasteiger partial charge in [-0.15, -0.1) is 0 Å². The summed E-state index contributed by atoms with van der Waals surface area (Å²) < 4.78 is 0. The van der Waals surface area contributed by atoms with Gasteiger partial charge in [-0.05, 0) is 17.7 Å². The minimum atomic E-state index is -0.907. The maximum absolute atomic E-state index is 10.4. The van der Waals surface area contributed by atoms with Gasteiger partial charge in [-0.25, -0.2) is 0 Å². The van der Waals surface area contributed by atoms with E-state index in [2.05, 4.69) is 5.73 Å². The molecular formula is C9H13N2O4+. The molecule has 0 fully saturated rings. The highest BCUT2D eigenvalue weighted by Gasteiger charge is 2.19. The normalized spacial score (nSPS) is 14.6. The second-order valence-corrected chi connectivity index (χ2v) is 3.24. The van der Waals surface area contributed by atoms with E-state index in [1.54, 1.807) is 0 Å². The number of aliphatic hydroxyl groups excluding tert-OH is 2. The summed E-state index contributed by atoms with van der Waals surface area (Å²) in [5.41, 5.74) is 4.03. The molecule has 0 aliphatic rings. The highest BCUT2D eigenvalue weighted by Crippen LogP contribution is 2.18. The van der Waals surface area contributed by atoms with Gasteiger partial charge in [0.05, 0.1) is 11.5 Å². The molecule has 6 heteroatoms. The van der Waals surface area contributed by atoms with Gasteiger partial charge in [0.15, 0.2) is 0 Å². The van der Waals surface area contributed by atoms with E-state index in [0.29, 0.717) is 5.56 Å². The van der Waals surface area contributed by atoms with Crippen molar-refractivity contribution in [3.05, 3.63) is 39.9 Å². The van der Waals surface area contributed by atoms with Crippen LogP contribution < -0.4 is 5.73 Å². The molecule has 0 spiro atoms. The van der Waals surface area contributed by atoms with Gasteiger partial charge in [0, 0.05) is 12.1 Å². The number of nitro benzene ring substituents is 1. The Morgan fingerprint density at radius 2 is 1.93 bits per heavy atom. The molecule has 1 rings (SSSR count). The monoisotopic (exact) mass is 213 g/mol. The summed E-state index contributed by atoms with van der Waals surface area (Å²) in [6, 6.07) is 4.99. The topological polar surface area (TPSA) is 111 Å². The van der Waals surface area contributed by atoms with Gasteiger partial charge >= 0.3 is 0 Å². The van der Waals surface area contributed by atoms with Crippen LogP contribution in [0.25, 0.3) is 0 Å². The predicted octanol–water partition coefficient (Wildman–Crippen LogP) is -0.769. The fraction of sp³-hybridized carbons (Fsp3) is 0.333. The van der Waals surface area contributed by atoms with E-state index in [1.807, 2.05) is 0 Å². The Balaban J connectivity index is 2.84. The fourth-order valence-electron chi connectivity index (χ4n) is 1.17. The minimum Gasteiger partial charge on any atom is -0.390 e. The van der Waals surface area contributed by atoms with Gasteiger partial charge in [0.1, 0.15) is 12.1 Å². The molecule has 0 aromatic heterocycles. The number of nitro groups is 1. The largest absolute Gasteiger partial charge is 0.390 e. The molecule has 0 heterocycles. The van der Waals surface area contributed by atoms with Crippen LogP contribution in [-0.4, -0.2) is 27.8 Å². The van der Waals surface area contributed by atoms with Crippen molar-refractivity contribution >= 4 is 5.69 Å². The van der Waals surface area contributed by atoms with E-state index < -0.39 is 17.1 Å². The summed E-state index contributed by atoms with van der Waals surface area (Å²) in [6.07, 6.45) is -0.907. The zero-order valence-electron chi connectivity index (χ0n) is 8.04. The van der Waals surface area contributed by atoms with E-state index >= 15 is 0 Å². The highest BCUT2D eigenvalue weighted by atomic mass is 16.6. The molecule has 0 saturated carbocycles. The van der Waals surface area contributed by atoms with Gasteiger partial charge in [0.25, 0.3) is 5.69 Å². The summed E-state index contributed by atoms with van der Waals surface area (Å²) in [6.45, 7) is -0.238. The summed E-state index contributed by atoms with van der Waals surface area (Å²) >= 11 is 0. The Labute approximate surface area is 86.1 Å². The van der Waals surface area contributed by atoms with Crippen LogP contribution in [0.5, 0.6) is 0 Å². The summed E-state index contributed by atoms with van der Waals surface area (Å²) in [4.78, 5) is 9.85. The van der Waals surface area contributed by atoms with Crippen molar-refractivity contribution in [1.29, 1.82) is 0 Å². The molecule has 15 heavy (non-hydrogen) atoms. The van der Waals surface area contributed by atoms with Crippen LogP contribution in [0.4, 0.5) is 5.69 Å². The molecular weight excluding hydrogens is 200 g/mol. The van der Waals surface area contributed by atoms with Crippen molar-refractivity contribution < 1.29 is 20.9 Å². The third-order valence-electron chi connectivity index (χ3n) is 2.13. The Bertz CT molecular complexity index is 338. The SMILES string of the molecule is [NH3+][C@H](CO)[C@H](O)c1ccc([N+](=O)[O-])cc1. The van der Waals surface area contributed by atoms with E-state index in [1.165, 1.54) is 24.3 Å². The van der Waals surface area contributed by atoms with Crippen LogP contribution in [0.2, 0.25) is 0 Å². The molecule has 0 aliphatic heterocycles. The molecule has 0 saturated heterocycles. The smallest absolute Gasteiger partial charge is 0.269 e. The number of rotatable bonds is 4. The molecule has 1 aromatic carbocycles. The summed E-state index contributed by atoms with van der Waals surface area (Å²) in [5, 5.41) is 28.8. The first-order valence-corrected chi connectivity index (χ1v) is 4.42. The number of hydrogen-bond acceptors (Lipinski definition) is 4. The number of quaternary nitrogens is 1. The van der Waals surface area contributed by atoms with Crippen molar-refractivity contribution in [3.8, 4) is 0 Å². The highest BCUT2D eigenvalue weighted by molar-refractivity contribution is 5.33. The van der Waals surface area contributed by atoms with Gasteiger partial charge in [0.2, 0.25) is 0 Å². The third kappa shape index (κ3) is 2.72. The van der Waals surface area contributed by atoms with Crippen LogP contribution in [0.15, 0.2) is 24.3 Å². The third-order valence-corrected chi connectivity index (χ3v) is 2.13. The molecule has 0 aliphatic carbocycles. The second kappa shape index (κ2) is 4.83. The van der Waals surface area contributed by atoms with Gasteiger partial charge < -0.3 is 15.9 Å². The molecule has 6 nitrogen and oxygen atoms in total. The lowest BCUT2D eigenvalue weighted by atomic mass is 10.0. The molecule has 0 unspecified atom stereocenters. The van der Waals surface area contributed by atoms with Gasteiger partial charge in [-0.3, -0.25) is 10.1 Å². The Hall–Kier alpha value is -1.50. The lowest BCUT2D eigenvalue weighted by Gasteiger charge is -2.13. The average molecular weight is 213 g/mol. The van der Waals surface area contributed by atoms with Gasteiger partial charge in [-0.1, -0.05) is 0 Å². The Morgan fingerprint density at radius 1 is 1.40 bits per heavy atom.